The number of hydrogen-bond acceptors (Lipinski definition) is 8. The number of H-pyrrole nitrogens is 1. The molecule has 4 aromatic heterocycles. The first kappa shape index (κ1) is 24.1. The zero-order valence-corrected chi connectivity index (χ0v) is 20.3. The van der Waals surface area contributed by atoms with Crippen LogP contribution in [0, 0.1) is 17.2 Å². The van der Waals surface area contributed by atoms with Crippen LogP contribution in [-0.2, 0) is 6.18 Å². The van der Waals surface area contributed by atoms with Gasteiger partial charge in [0.25, 0.3) is 0 Å². The quantitative estimate of drug-likeness (QED) is 0.341. The van der Waals surface area contributed by atoms with Gasteiger partial charge in [0.2, 0.25) is 5.95 Å². The summed E-state index contributed by atoms with van der Waals surface area (Å²) in [5, 5.41) is 23.5. The van der Waals surface area contributed by atoms with E-state index in [0.29, 0.717) is 24.6 Å². The molecule has 1 unspecified atom stereocenters. The Morgan fingerprint density at radius 3 is 2.63 bits per heavy atom. The summed E-state index contributed by atoms with van der Waals surface area (Å²) in [6.07, 6.45) is 2.95. The number of hydrogen-bond donors (Lipinski definition) is 3. The molecule has 6 rings (SSSR count). The molecule has 2 aliphatic rings. The average molecular weight is 521 g/mol. The molecule has 1 aliphatic heterocycles. The van der Waals surface area contributed by atoms with E-state index in [0.717, 1.165) is 36.5 Å². The summed E-state index contributed by atoms with van der Waals surface area (Å²) in [5.74, 6) is 1.42. The van der Waals surface area contributed by atoms with E-state index in [1.165, 1.54) is 12.4 Å². The van der Waals surface area contributed by atoms with Crippen molar-refractivity contribution in [2.45, 2.75) is 37.6 Å². The number of nitrogens with zero attached hydrogens (tertiary/aromatic N) is 6. The number of pyridine rings is 2. The molecule has 0 bridgehead atoms. The number of halogens is 3. The number of rotatable bonds is 6. The average Bonchev–Trinajstić information content (AvgIpc) is 3.66. The minimum absolute atomic E-state index is 0.119. The van der Waals surface area contributed by atoms with E-state index in [9.17, 15) is 23.5 Å². The lowest BCUT2D eigenvalue weighted by Gasteiger charge is -2.47. The number of alkyl halides is 3. The van der Waals surface area contributed by atoms with E-state index in [2.05, 4.69) is 35.1 Å². The Balaban J connectivity index is 1.22. The molecule has 12 heteroatoms. The molecular weight excluding hydrogens is 497 g/mol. The van der Waals surface area contributed by atoms with Crippen LogP contribution >= 0.6 is 0 Å². The second-order valence-electron chi connectivity index (χ2n) is 9.94. The second kappa shape index (κ2) is 8.66. The minimum atomic E-state index is -4.56. The second-order valence-corrected chi connectivity index (χ2v) is 9.94. The van der Waals surface area contributed by atoms with Crippen molar-refractivity contribution in [3.8, 4) is 17.3 Å². The van der Waals surface area contributed by atoms with Crippen molar-refractivity contribution in [2.75, 3.05) is 23.3 Å². The summed E-state index contributed by atoms with van der Waals surface area (Å²) in [5.41, 5.74) is 0.272. The summed E-state index contributed by atoms with van der Waals surface area (Å²) in [6, 6.07) is 6.59. The summed E-state index contributed by atoms with van der Waals surface area (Å²) in [7, 11) is 0. The normalized spacial score (nSPS) is 17.6. The third-order valence-corrected chi connectivity index (χ3v) is 7.23. The van der Waals surface area contributed by atoms with Crippen molar-refractivity contribution in [3.05, 3.63) is 59.7 Å². The van der Waals surface area contributed by atoms with Crippen LogP contribution in [-0.4, -0.2) is 48.7 Å². The molecule has 1 saturated carbocycles. The topological polar surface area (TPSA) is 127 Å². The van der Waals surface area contributed by atoms with Crippen LogP contribution < -0.4 is 10.2 Å². The molecule has 0 spiro atoms. The van der Waals surface area contributed by atoms with E-state index in [4.69, 9.17) is 0 Å². The SMILES string of the molecule is CC(Nc1ncc(C#N)c(-c2c[nH]c3ncc(C(F)(F)F)cc23)n1)c1ccc(N2CC(O)(C3CC3)C2)nc1. The first-order valence-electron chi connectivity index (χ1n) is 12.2. The van der Waals surface area contributed by atoms with Gasteiger partial charge in [-0.2, -0.15) is 18.4 Å². The van der Waals surface area contributed by atoms with Crippen molar-refractivity contribution in [1.29, 1.82) is 5.26 Å². The molecule has 194 valence electrons. The van der Waals surface area contributed by atoms with Crippen LogP contribution in [0.4, 0.5) is 24.9 Å². The van der Waals surface area contributed by atoms with Gasteiger partial charge in [-0.15, -0.1) is 0 Å². The molecule has 38 heavy (non-hydrogen) atoms. The van der Waals surface area contributed by atoms with E-state index in [-0.39, 0.29) is 34.3 Å². The maximum absolute atomic E-state index is 13.3. The Morgan fingerprint density at radius 1 is 1.18 bits per heavy atom. The molecule has 5 heterocycles. The highest BCUT2D eigenvalue weighted by atomic mass is 19.4. The highest BCUT2D eigenvalue weighted by molar-refractivity contribution is 5.94. The monoisotopic (exact) mass is 520 g/mol. The van der Waals surface area contributed by atoms with E-state index >= 15 is 0 Å². The fourth-order valence-electron chi connectivity index (χ4n) is 4.87. The van der Waals surface area contributed by atoms with E-state index in [1.54, 1.807) is 6.20 Å². The van der Waals surface area contributed by atoms with Gasteiger partial charge in [0, 0.05) is 29.5 Å². The number of nitriles is 1. The van der Waals surface area contributed by atoms with Crippen molar-refractivity contribution >= 4 is 22.8 Å². The lowest BCUT2D eigenvalue weighted by Crippen LogP contribution is -2.63. The number of aliphatic hydroxyl groups is 1. The van der Waals surface area contributed by atoms with Crippen LogP contribution in [0.3, 0.4) is 0 Å². The van der Waals surface area contributed by atoms with Gasteiger partial charge in [0.1, 0.15) is 23.1 Å². The molecule has 2 fully saturated rings. The maximum Gasteiger partial charge on any atom is 0.417 e. The van der Waals surface area contributed by atoms with Crippen LogP contribution in [0.15, 0.2) is 43.0 Å². The predicted molar refractivity (Wildman–Crippen MR) is 133 cm³/mol. The molecule has 3 N–H and O–H groups in total. The number of β-amino-alcohol motifs (C(OH)–C–C–N with tert-alkyl or cyclic N) is 1. The first-order valence-corrected chi connectivity index (χ1v) is 12.2. The Morgan fingerprint density at radius 2 is 1.97 bits per heavy atom. The van der Waals surface area contributed by atoms with Crippen molar-refractivity contribution < 1.29 is 18.3 Å². The van der Waals surface area contributed by atoms with Gasteiger partial charge in [0.05, 0.1) is 42.1 Å². The number of aromatic nitrogens is 5. The molecule has 4 aromatic rings. The zero-order valence-electron chi connectivity index (χ0n) is 20.3. The number of fused-ring (bicyclic) bond motifs is 1. The lowest BCUT2D eigenvalue weighted by molar-refractivity contribution is -0.137. The van der Waals surface area contributed by atoms with Crippen molar-refractivity contribution in [1.82, 2.24) is 24.9 Å². The van der Waals surface area contributed by atoms with Gasteiger partial charge in [0.15, 0.2) is 0 Å². The number of anilines is 2. The van der Waals surface area contributed by atoms with Crippen LogP contribution in [0.5, 0.6) is 0 Å². The Hall–Kier alpha value is -4.24. The molecule has 1 saturated heterocycles. The molecule has 9 nitrogen and oxygen atoms in total. The van der Waals surface area contributed by atoms with Gasteiger partial charge in [-0.1, -0.05) is 6.07 Å². The molecule has 0 radical (unpaired) electrons. The Labute approximate surface area is 215 Å². The van der Waals surface area contributed by atoms with Gasteiger partial charge in [-0.3, -0.25) is 0 Å². The summed E-state index contributed by atoms with van der Waals surface area (Å²) >= 11 is 0. The van der Waals surface area contributed by atoms with Gasteiger partial charge < -0.3 is 20.3 Å². The first-order chi connectivity index (χ1) is 18.1. The number of aromatic amines is 1. The summed E-state index contributed by atoms with van der Waals surface area (Å²) in [6.45, 7) is 3.08. The molecule has 1 aliphatic carbocycles. The third-order valence-electron chi connectivity index (χ3n) is 7.23. The highest BCUT2D eigenvalue weighted by Crippen LogP contribution is 2.45. The molecule has 0 amide bonds. The Kier molecular flexibility index (Phi) is 5.50. The fraction of sp³-hybridized carbons (Fsp3) is 0.346. The molecular formula is C26H23F3N8O. The highest BCUT2D eigenvalue weighted by Gasteiger charge is 2.52. The van der Waals surface area contributed by atoms with Gasteiger partial charge >= 0.3 is 6.18 Å². The lowest BCUT2D eigenvalue weighted by atomic mass is 9.89. The zero-order chi connectivity index (χ0) is 26.7. The standard InChI is InChI=1S/C26H23F3N8O/c1-14(15-2-5-21(31-8-15)37-12-25(38,13-37)17-3-4-17)35-24-34-9-16(7-30)22(36-24)20-11-33-23-19(20)6-18(10-32-23)26(27,28)29/h2,5-6,8-11,14,17,38H,3-4,12-13H2,1H3,(H,32,33)(H,34,35,36). The largest absolute Gasteiger partial charge is 0.417 e. The van der Waals surface area contributed by atoms with Crippen LogP contribution in [0.2, 0.25) is 0 Å². The minimum Gasteiger partial charge on any atom is -0.386 e. The van der Waals surface area contributed by atoms with Crippen molar-refractivity contribution in [3.63, 3.8) is 0 Å². The Bertz CT molecular complexity index is 1550. The predicted octanol–water partition coefficient (Wildman–Crippen LogP) is 4.44. The maximum atomic E-state index is 13.3. The molecule has 1 atom stereocenters. The van der Waals surface area contributed by atoms with Crippen LogP contribution in [0.1, 0.15) is 42.5 Å². The van der Waals surface area contributed by atoms with E-state index < -0.39 is 17.3 Å². The summed E-state index contributed by atoms with van der Waals surface area (Å²) < 4.78 is 39.8. The smallest absolute Gasteiger partial charge is 0.386 e. The van der Waals surface area contributed by atoms with E-state index in [1.807, 2.05) is 25.1 Å². The van der Waals surface area contributed by atoms with Gasteiger partial charge in [-0.25, -0.2) is 19.9 Å². The number of nitrogens with one attached hydrogen (secondary N) is 2. The molecule has 0 aromatic carbocycles. The van der Waals surface area contributed by atoms with Crippen molar-refractivity contribution in [2.24, 2.45) is 5.92 Å². The summed E-state index contributed by atoms with van der Waals surface area (Å²) in [4.78, 5) is 22.0. The van der Waals surface area contributed by atoms with Crippen LogP contribution in [0.25, 0.3) is 22.3 Å². The van der Waals surface area contributed by atoms with Gasteiger partial charge in [-0.05, 0) is 43.4 Å². The fourth-order valence-corrected chi connectivity index (χ4v) is 4.87. The third kappa shape index (κ3) is 4.28.